The quantitative estimate of drug-likeness (QED) is 0.149. The summed E-state index contributed by atoms with van der Waals surface area (Å²) >= 11 is -4.62. The van der Waals surface area contributed by atoms with Gasteiger partial charge in [-0.25, -0.2) is 0 Å². The molecule has 2 aromatic rings. The average molecular weight is 663 g/mol. The molecule has 2 unspecified atom stereocenters. The molecule has 0 saturated carbocycles. The number of rotatable bonds is 12. The molecule has 44 heavy (non-hydrogen) atoms. The summed E-state index contributed by atoms with van der Waals surface area (Å²) in [5.74, 6) is 0.356. The fourth-order valence-electron chi connectivity index (χ4n) is 6.36. The van der Waals surface area contributed by atoms with Crippen LogP contribution in [0.25, 0.3) is 0 Å². The second-order valence-corrected chi connectivity index (χ2v) is 14.6. The predicted molar refractivity (Wildman–Crippen MR) is 172 cm³/mol. The Bertz CT molecular complexity index is 1560. The van der Waals surface area contributed by atoms with Gasteiger partial charge in [-0.1, -0.05) is 33.8 Å². The minimum atomic E-state index is -2.32. The Labute approximate surface area is 310 Å². The zero-order chi connectivity index (χ0) is 31.7. The maximum absolute atomic E-state index is 12.1. The fourth-order valence-corrected chi connectivity index (χ4v) is 7.15. The molecule has 2 heterocycles. The van der Waals surface area contributed by atoms with E-state index in [1.807, 2.05) is 26.0 Å². The fraction of sp³-hybridized carbons (Fsp3) is 0.471. The predicted octanol–water partition coefficient (Wildman–Crippen LogP) is 3.59. The summed E-state index contributed by atoms with van der Waals surface area (Å²) in [5.41, 5.74) is 5.29. The largest absolute Gasteiger partial charge is 1.00 e. The third kappa shape index (κ3) is 7.55. The molecule has 4 rings (SSSR count). The number of Topliss-reactive ketones (excluding diaryl/α,β-unsaturated/α-hetero) is 1. The molecule has 0 aliphatic carbocycles. The number of hydrogen-bond donors (Lipinski definition) is 0. The van der Waals surface area contributed by atoms with E-state index in [9.17, 15) is 22.3 Å². The minimum Gasteiger partial charge on any atom is -0.768 e. The molecule has 0 N–H and O–H groups in total. The topological polar surface area (TPSA) is 104 Å². The van der Waals surface area contributed by atoms with Gasteiger partial charge in [-0.3, -0.25) is 13.2 Å². The summed E-state index contributed by atoms with van der Waals surface area (Å²) in [6.45, 7) is 15.9. The van der Waals surface area contributed by atoms with Crippen LogP contribution in [-0.2, 0) is 37.8 Å². The van der Waals surface area contributed by atoms with Crippen LogP contribution in [0.1, 0.15) is 85.3 Å². The van der Waals surface area contributed by atoms with Crippen LogP contribution >= 0.6 is 0 Å². The Kier molecular flexibility index (Phi) is 12.9. The van der Waals surface area contributed by atoms with Gasteiger partial charge in [-0.15, -0.1) is 0 Å². The van der Waals surface area contributed by atoms with Crippen LogP contribution in [0.15, 0.2) is 70.1 Å². The van der Waals surface area contributed by atoms with Gasteiger partial charge in [0.2, 0.25) is 5.69 Å². The van der Waals surface area contributed by atoms with Crippen molar-refractivity contribution in [3.05, 3.63) is 71.5 Å². The monoisotopic (exact) mass is 662 g/mol. The number of carbonyl (C=O) groups is 1. The van der Waals surface area contributed by atoms with Gasteiger partial charge in [-0.05, 0) is 97.7 Å². The van der Waals surface area contributed by atoms with Gasteiger partial charge in [0.15, 0.2) is 5.71 Å². The number of carbonyl (C=O) groups excluding carboxylic acids is 1. The smallest absolute Gasteiger partial charge is 0.768 e. The maximum Gasteiger partial charge on any atom is 1.00 e. The Morgan fingerprint density at radius 3 is 2.14 bits per heavy atom. The second kappa shape index (κ2) is 15.2. The van der Waals surface area contributed by atoms with E-state index in [-0.39, 0.29) is 67.1 Å². The van der Waals surface area contributed by atoms with Crippen LogP contribution < -0.4 is 56.3 Å². The third-order valence-electron chi connectivity index (χ3n) is 8.88. The Morgan fingerprint density at radius 2 is 1.55 bits per heavy atom. The summed E-state index contributed by atoms with van der Waals surface area (Å²) < 4.78 is 49.3. The van der Waals surface area contributed by atoms with E-state index in [4.69, 9.17) is 0 Å². The first kappa shape index (κ1) is 37.4. The number of likely N-dealkylation sites (N-methyl/N-ethyl adjacent to an activating group) is 1. The first-order valence-electron chi connectivity index (χ1n) is 15.0. The van der Waals surface area contributed by atoms with Crippen LogP contribution in [0, 0.1) is 5.92 Å². The summed E-state index contributed by atoms with van der Waals surface area (Å²) in [7, 11) is 0. The van der Waals surface area contributed by atoms with E-state index in [2.05, 4.69) is 62.3 Å². The molecule has 0 fully saturated rings. The van der Waals surface area contributed by atoms with Gasteiger partial charge in [0.05, 0.1) is 5.41 Å². The van der Waals surface area contributed by atoms with Crippen molar-refractivity contribution >= 4 is 45.0 Å². The maximum atomic E-state index is 12.1. The molecular weight excluding hydrogens is 620 g/mol. The molecule has 2 atom stereocenters. The third-order valence-corrected chi connectivity index (χ3v) is 10.2. The van der Waals surface area contributed by atoms with Crippen LogP contribution in [0.4, 0.5) is 11.4 Å². The number of hydrogen-bond acceptors (Lipinski definition) is 6. The molecule has 2 aliphatic rings. The van der Waals surface area contributed by atoms with Crippen molar-refractivity contribution in [2.45, 2.75) is 94.8 Å². The number of anilines is 1. The van der Waals surface area contributed by atoms with Crippen molar-refractivity contribution in [1.29, 1.82) is 0 Å². The second-order valence-electron chi connectivity index (χ2n) is 12.7. The number of benzene rings is 2. The first-order chi connectivity index (χ1) is 20.2. The van der Waals surface area contributed by atoms with Crippen molar-refractivity contribution in [2.24, 2.45) is 5.92 Å². The number of ketones is 1. The molecule has 0 saturated heterocycles. The first-order valence-corrected chi connectivity index (χ1v) is 17.2. The van der Waals surface area contributed by atoms with E-state index in [1.54, 1.807) is 24.3 Å². The normalized spacial score (nSPS) is 19.0. The van der Waals surface area contributed by atoms with Crippen LogP contribution in [0.5, 0.6) is 0 Å². The van der Waals surface area contributed by atoms with E-state index in [1.165, 1.54) is 0 Å². The number of nitrogens with zero attached hydrogens (tertiary/aromatic N) is 2. The molecular formula is C34H43KN2O5S2. The molecule has 0 radical (unpaired) electrons. The van der Waals surface area contributed by atoms with Gasteiger partial charge in [0, 0.05) is 69.6 Å². The molecule has 7 nitrogen and oxygen atoms in total. The van der Waals surface area contributed by atoms with Gasteiger partial charge in [-0.2, -0.15) is 4.58 Å². The molecule has 2 aliphatic heterocycles. The van der Waals surface area contributed by atoms with Crippen molar-refractivity contribution in [2.75, 3.05) is 18.0 Å². The molecule has 0 bridgehead atoms. The van der Waals surface area contributed by atoms with E-state index >= 15 is 0 Å². The van der Waals surface area contributed by atoms with E-state index in [0.717, 1.165) is 66.3 Å². The van der Waals surface area contributed by atoms with E-state index in [0.29, 0.717) is 12.2 Å². The van der Waals surface area contributed by atoms with Crippen molar-refractivity contribution < 1.29 is 78.3 Å². The van der Waals surface area contributed by atoms with Crippen molar-refractivity contribution in [3.8, 4) is 0 Å². The Hall–Kier alpha value is -1.08. The standard InChI is InChI=1S/C34H44N2O5S2.K/c1-8-35-28-18-16-24(42(38)39)21-26(28)33(4,5)31(35)14-12-15-32-34(6,7)27-22-25(43(40)41)17-19-29(27)36(32)20-11-9-10-13-30(37)23(2)3;/h12,14-19,21-23H,8-11,13,20H2,1-7H3,(H-,38,39,40,41);/q;+1/p-1. The summed E-state index contributed by atoms with van der Waals surface area (Å²) in [4.78, 5) is 14.9. The molecule has 0 spiro atoms. The van der Waals surface area contributed by atoms with Gasteiger partial charge in [0.25, 0.3) is 0 Å². The number of unbranched alkanes of at least 4 members (excludes halogenated alkanes) is 2. The molecule has 10 heteroatoms. The van der Waals surface area contributed by atoms with Gasteiger partial charge < -0.3 is 14.0 Å². The molecule has 0 aromatic heterocycles. The van der Waals surface area contributed by atoms with Crippen molar-refractivity contribution in [3.63, 3.8) is 0 Å². The summed E-state index contributed by atoms with van der Waals surface area (Å²) in [6, 6.07) is 10.6. The molecule has 232 valence electrons. The number of allylic oxidation sites excluding steroid dienone is 4. The Morgan fingerprint density at radius 1 is 0.932 bits per heavy atom. The van der Waals surface area contributed by atoms with Crippen molar-refractivity contribution in [1.82, 2.24) is 0 Å². The SMILES string of the molecule is CCN1/C(=C/C=C/C2=[N+](CCCCCC(=O)C(C)C)c3ccc(S(=O)[O-])cc3C2(C)C)C(C)(C)c2cc(S(=O)[O-])ccc21.[K+]. The summed E-state index contributed by atoms with van der Waals surface area (Å²) in [6.07, 6.45) is 9.58. The van der Waals surface area contributed by atoms with Crippen LogP contribution in [0.3, 0.4) is 0 Å². The number of fused-ring (bicyclic) bond motifs is 2. The molecule has 2 aromatic carbocycles. The van der Waals surface area contributed by atoms with Gasteiger partial charge >= 0.3 is 51.4 Å². The minimum absolute atomic E-state index is 0. The molecule has 0 amide bonds. The van der Waals surface area contributed by atoms with Crippen LogP contribution in [-0.4, -0.2) is 46.7 Å². The van der Waals surface area contributed by atoms with Gasteiger partial charge in [0.1, 0.15) is 12.3 Å². The van der Waals surface area contributed by atoms with Crippen LogP contribution in [0.2, 0.25) is 0 Å². The van der Waals surface area contributed by atoms with E-state index < -0.39 is 33.0 Å². The Balaban J connectivity index is 0.00000529. The average Bonchev–Trinajstić information content (AvgIpc) is 3.30. The zero-order valence-electron chi connectivity index (χ0n) is 27.3. The summed E-state index contributed by atoms with van der Waals surface area (Å²) in [5, 5.41) is 0. The zero-order valence-corrected chi connectivity index (χ0v) is 32.0.